The van der Waals surface area contributed by atoms with Gasteiger partial charge in [0.15, 0.2) is 0 Å². The van der Waals surface area contributed by atoms with Crippen molar-refractivity contribution in [2.45, 2.75) is 6.42 Å². The quantitative estimate of drug-likeness (QED) is 0.202. The molecule has 1 aliphatic rings. The third-order valence-electron chi connectivity index (χ3n) is 8.97. The molecule has 190 valence electrons. The Morgan fingerprint density at radius 1 is 0.585 bits per heavy atom. The van der Waals surface area contributed by atoms with E-state index < -0.39 is 0 Å². The molecule has 10 rings (SSSR count). The summed E-state index contributed by atoms with van der Waals surface area (Å²) in [6.45, 7) is 0. The first-order valence-electron chi connectivity index (χ1n) is 14.1. The van der Waals surface area contributed by atoms with Gasteiger partial charge in [0.2, 0.25) is 0 Å². The molecule has 0 fully saturated rings. The molecule has 0 aliphatic heterocycles. The Bertz CT molecular complexity index is 2550. The van der Waals surface area contributed by atoms with Crippen LogP contribution < -0.4 is 0 Å². The van der Waals surface area contributed by atoms with Gasteiger partial charge in [0.05, 0.1) is 33.8 Å². The number of nitrogens with zero attached hydrogens (tertiary/aromatic N) is 4. The minimum absolute atomic E-state index is 0.919. The zero-order valence-corrected chi connectivity index (χ0v) is 22.0. The van der Waals surface area contributed by atoms with E-state index in [1.807, 2.05) is 12.4 Å². The minimum Gasteiger partial charge on any atom is -0.309 e. The average Bonchev–Trinajstić information content (AvgIpc) is 3.70. The van der Waals surface area contributed by atoms with Crippen LogP contribution in [0.2, 0.25) is 0 Å². The van der Waals surface area contributed by atoms with E-state index in [0.717, 1.165) is 28.6 Å². The van der Waals surface area contributed by atoms with E-state index in [1.165, 1.54) is 65.9 Å². The van der Waals surface area contributed by atoms with Gasteiger partial charge in [0.25, 0.3) is 0 Å². The van der Waals surface area contributed by atoms with Crippen LogP contribution in [-0.2, 0) is 6.42 Å². The van der Waals surface area contributed by atoms with Crippen molar-refractivity contribution in [2.24, 2.45) is 0 Å². The lowest BCUT2D eigenvalue weighted by Crippen LogP contribution is -1.93. The molecule has 0 bridgehead atoms. The Morgan fingerprint density at radius 2 is 1.41 bits per heavy atom. The highest BCUT2D eigenvalue weighted by molar-refractivity contribution is 6.20. The summed E-state index contributed by atoms with van der Waals surface area (Å²) in [4.78, 5) is 9.65. The zero-order valence-electron chi connectivity index (χ0n) is 22.0. The minimum atomic E-state index is 0.919. The standard InChI is InChI=1S/C37H22N4/c1-2-8-24(9-3-1)40-31-12-6-4-10-26(31)36-33(40)15-14-22-18-23-19-29-28(20-27(23)35(22)36)25-16-17-38-21-34(25)41-32-13-7-5-11-30(32)39-37(29)41/h1-17,19-21H,18H2. The fourth-order valence-corrected chi connectivity index (χ4v) is 7.29. The number of pyridine rings is 2. The van der Waals surface area contributed by atoms with Crippen LogP contribution in [0.1, 0.15) is 11.1 Å². The summed E-state index contributed by atoms with van der Waals surface area (Å²) >= 11 is 0. The SMILES string of the molecule is c1ccc(-n2c3ccccc3c3c4c(ccc32)Cc2cc3c(cc2-4)c2ccncc2n2c4ccccc4nc32)cc1. The lowest BCUT2D eigenvalue weighted by molar-refractivity contribution is 1.18. The Hall–Kier alpha value is -5.48. The van der Waals surface area contributed by atoms with Gasteiger partial charge in [-0.15, -0.1) is 0 Å². The highest BCUT2D eigenvalue weighted by atomic mass is 15.0. The van der Waals surface area contributed by atoms with E-state index in [4.69, 9.17) is 4.98 Å². The zero-order chi connectivity index (χ0) is 26.7. The number of fused-ring (bicyclic) bond motifs is 15. The first-order valence-corrected chi connectivity index (χ1v) is 14.1. The Labute approximate surface area is 234 Å². The molecular formula is C37H22N4. The number of rotatable bonds is 1. The number of aromatic nitrogens is 4. The molecule has 0 N–H and O–H groups in total. The van der Waals surface area contributed by atoms with E-state index in [1.54, 1.807) is 0 Å². The van der Waals surface area contributed by atoms with Crippen molar-refractivity contribution in [3.63, 3.8) is 0 Å². The monoisotopic (exact) mass is 522 g/mol. The van der Waals surface area contributed by atoms with E-state index in [0.29, 0.717) is 0 Å². The molecule has 0 unspecified atom stereocenters. The van der Waals surface area contributed by atoms with Crippen molar-refractivity contribution >= 4 is 60.2 Å². The van der Waals surface area contributed by atoms with E-state index in [9.17, 15) is 0 Å². The number of hydrogen-bond donors (Lipinski definition) is 0. The maximum Gasteiger partial charge on any atom is 0.146 e. The van der Waals surface area contributed by atoms with Crippen LogP contribution >= 0.6 is 0 Å². The molecule has 4 nitrogen and oxygen atoms in total. The summed E-state index contributed by atoms with van der Waals surface area (Å²) in [7, 11) is 0. The lowest BCUT2D eigenvalue weighted by Gasteiger charge is -2.12. The topological polar surface area (TPSA) is 35.1 Å². The molecule has 0 radical (unpaired) electrons. The Morgan fingerprint density at radius 3 is 2.34 bits per heavy atom. The third kappa shape index (κ3) is 2.69. The molecule has 0 saturated heterocycles. The van der Waals surface area contributed by atoms with Crippen LogP contribution in [0.15, 0.2) is 122 Å². The summed E-state index contributed by atoms with van der Waals surface area (Å²) < 4.78 is 4.69. The van der Waals surface area contributed by atoms with Crippen molar-refractivity contribution < 1.29 is 0 Å². The normalized spacial score (nSPS) is 12.8. The van der Waals surface area contributed by atoms with Crippen molar-refractivity contribution in [3.8, 4) is 16.8 Å². The van der Waals surface area contributed by atoms with Crippen LogP contribution in [-0.4, -0.2) is 18.9 Å². The second-order valence-electron chi connectivity index (χ2n) is 11.1. The van der Waals surface area contributed by atoms with Crippen LogP contribution in [0.25, 0.3) is 77.0 Å². The Balaban J connectivity index is 1.36. The summed E-state index contributed by atoms with van der Waals surface area (Å²) in [5.74, 6) is 0. The number of benzene rings is 5. The fraction of sp³-hybridized carbons (Fsp3) is 0.0270. The molecule has 5 aromatic carbocycles. The second-order valence-corrected chi connectivity index (χ2v) is 11.1. The Kier molecular flexibility index (Phi) is 3.95. The first kappa shape index (κ1) is 21.4. The molecule has 0 spiro atoms. The fourth-order valence-electron chi connectivity index (χ4n) is 7.29. The van der Waals surface area contributed by atoms with Gasteiger partial charge in [0.1, 0.15) is 5.65 Å². The molecule has 0 atom stereocenters. The predicted molar refractivity (Wildman–Crippen MR) is 168 cm³/mol. The van der Waals surface area contributed by atoms with Crippen molar-refractivity contribution in [2.75, 3.05) is 0 Å². The molecule has 0 saturated carbocycles. The number of imidazole rings is 1. The van der Waals surface area contributed by atoms with Gasteiger partial charge in [-0.1, -0.05) is 54.6 Å². The average molecular weight is 523 g/mol. The first-order chi connectivity index (χ1) is 20.3. The molecular weight excluding hydrogens is 500 g/mol. The molecule has 41 heavy (non-hydrogen) atoms. The number of para-hydroxylation sites is 4. The van der Waals surface area contributed by atoms with E-state index >= 15 is 0 Å². The largest absolute Gasteiger partial charge is 0.309 e. The van der Waals surface area contributed by atoms with Gasteiger partial charge >= 0.3 is 0 Å². The van der Waals surface area contributed by atoms with Crippen LogP contribution in [0.4, 0.5) is 0 Å². The van der Waals surface area contributed by atoms with E-state index in [-0.39, 0.29) is 0 Å². The van der Waals surface area contributed by atoms with Gasteiger partial charge in [-0.2, -0.15) is 0 Å². The predicted octanol–water partition coefficient (Wildman–Crippen LogP) is 8.86. The highest BCUT2D eigenvalue weighted by Crippen LogP contribution is 2.48. The molecule has 4 aromatic heterocycles. The maximum absolute atomic E-state index is 5.13. The second kappa shape index (κ2) is 7.58. The van der Waals surface area contributed by atoms with Gasteiger partial charge in [-0.05, 0) is 88.7 Å². The van der Waals surface area contributed by atoms with Gasteiger partial charge < -0.3 is 4.57 Å². The van der Waals surface area contributed by atoms with Gasteiger partial charge in [0, 0.05) is 33.4 Å². The third-order valence-corrected chi connectivity index (χ3v) is 8.97. The lowest BCUT2D eigenvalue weighted by atomic mass is 9.96. The smallest absolute Gasteiger partial charge is 0.146 e. The molecule has 9 aromatic rings. The summed E-state index contributed by atoms with van der Waals surface area (Å²) in [6, 6.07) is 39.5. The highest BCUT2D eigenvalue weighted by Gasteiger charge is 2.26. The van der Waals surface area contributed by atoms with Crippen LogP contribution in [0.3, 0.4) is 0 Å². The molecule has 4 heterocycles. The summed E-state index contributed by atoms with van der Waals surface area (Å²) in [5, 5.41) is 6.23. The van der Waals surface area contributed by atoms with E-state index in [2.05, 4.69) is 123 Å². The number of hydrogen-bond acceptors (Lipinski definition) is 2. The van der Waals surface area contributed by atoms with Crippen molar-refractivity contribution in [1.82, 2.24) is 18.9 Å². The van der Waals surface area contributed by atoms with Crippen LogP contribution in [0.5, 0.6) is 0 Å². The van der Waals surface area contributed by atoms with Gasteiger partial charge in [-0.25, -0.2) is 4.98 Å². The maximum atomic E-state index is 5.13. The summed E-state index contributed by atoms with van der Waals surface area (Å²) in [5.41, 5.74) is 13.3. The van der Waals surface area contributed by atoms with Crippen LogP contribution in [0, 0.1) is 0 Å². The molecule has 0 amide bonds. The van der Waals surface area contributed by atoms with Crippen molar-refractivity contribution in [1.29, 1.82) is 0 Å². The molecule has 4 heteroatoms. The van der Waals surface area contributed by atoms with Gasteiger partial charge in [-0.3, -0.25) is 9.38 Å². The van der Waals surface area contributed by atoms with Crippen molar-refractivity contribution in [3.05, 3.63) is 133 Å². The molecule has 1 aliphatic carbocycles. The summed E-state index contributed by atoms with van der Waals surface area (Å²) in [6.07, 6.45) is 4.80.